The summed E-state index contributed by atoms with van der Waals surface area (Å²) in [6.07, 6.45) is 6.93. The van der Waals surface area contributed by atoms with Gasteiger partial charge in [0, 0.05) is 12.1 Å². The van der Waals surface area contributed by atoms with Crippen molar-refractivity contribution in [2.45, 2.75) is 46.5 Å². The van der Waals surface area contributed by atoms with E-state index in [4.69, 9.17) is 5.73 Å². The third-order valence-electron chi connectivity index (χ3n) is 4.52. The molecule has 4 nitrogen and oxygen atoms in total. The third-order valence-corrected chi connectivity index (χ3v) is 4.52. The lowest BCUT2D eigenvalue weighted by Crippen LogP contribution is -2.24. The van der Waals surface area contributed by atoms with Crippen LogP contribution in [0.15, 0.2) is 6.33 Å². The van der Waals surface area contributed by atoms with Gasteiger partial charge >= 0.3 is 0 Å². The van der Waals surface area contributed by atoms with Gasteiger partial charge in [-0.2, -0.15) is 0 Å². The number of rotatable bonds is 4. The van der Waals surface area contributed by atoms with Crippen LogP contribution in [-0.4, -0.2) is 16.5 Å². The molecule has 3 N–H and O–H groups in total. The van der Waals surface area contributed by atoms with E-state index in [9.17, 15) is 0 Å². The van der Waals surface area contributed by atoms with Crippen molar-refractivity contribution in [2.24, 2.45) is 17.8 Å². The SMILES string of the molecule is Cc1c(N)ncnc1NCC1CCC(C(C)C)CC1. The first-order chi connectivity index (χ1) is 9.08. The minimum absolute atomic E-state index is 0.570. The molecule has 1 aliphatic carbocycles. The Morgan fingerprint density at radius 2 is 1.95 bits per heavy atom. The van der Waals surface area contributed by atoms with Gasteiger partial charge in [-0.1, -0.05) is 13.8 Å². The number of anilines is 2. The molecular weight excluding hydrogens is 236 g/mol. The molecule has 0 bridgehead atoms. The van der Waals surface area contributed by atoms with E-state index in [1.54, 1.807) is 0 Å². The van der Waals surface area contributed by atoms with Crippen molar-refractivity contribution in [3.63, 3.8) is 0 Å². The normalized spacial score (nSPS) is 23.6. The van der Waals surface area contributed by atoms with E-state index in [0.29, 0.717) is 5.82 Å². The van der Waals surface area contributed by atoms with Gasteiger partial charge in [-0.25, -0.2) is 9.97 Å². The van der Waals surface area contributed by atoms with Gasteiger partial charge < -0.3 is 11.1 Å². The standard InChI is InChI=1S/C15H26N4/c1-10(2)13-6-4-12(5-7-13)8-17-15-11(3)14(16)18-9-19-15/h9-10,12-13H,4-8H2,1-3H3,(H3,16,17,18,19). The molecule has 0 unspecified atom stereocenters. The summed E-state index contributed by atoms with van der Waals surface area (Å²) >= 11 is 0. The Bertz CT molecular complexity index is 409. The molecule has 0 amide bonds. The van der Waals surface area contributed by atoms with Gasteiger partial charge in [0.1, 0.15) is 18.0 Å². The lowest BCUT2D eigenvalue weighted by Gasteiger charge is -2.31. The molecule has 0 atom stereocenters. The van der Waals surface area contributed by atoms with Crippen LogP contribution >= 0.6 is 0 Å². The molecule has 4 heteroatoms. The van der Waals surface area contributed by atoms with E-state index in [1.165, 1.54) is 32.0 Å². The summed E-state index contributed by atoms with van der Waals surface area (Å²) in [7, 11) is 0. The summed E-state index contributed by atoms with van der Waals surface area (Å²) in [6.45, 7) is 7.65. The fourth-order valence-corrected chi connectivity index (χ4v) is 2.94. The molecule has 1 heterocycles. The van der Waals surface area contributed by atoms with Gasteiger partial charge in [0.25, 0.3) is 0 Å². The van der Waals surface area contributed by atoms with Gasteiger partial charge in [-0.3, -0.25) is 0 Å². The largest absolute Gasteiger partial charge is 0.383 e. The van der Waals surface area contributed by atoms with E-state index in [1.807, 2.05) is 6.92 Å². The predicted octanol–water partition coefficient (Wildman–Crippen LogP) is 3.24. The number of hydrogen-bond acceptors (Lipinski definition) is 4. The molecule has 0 aromatic carbocycles. The maximum Gasteiger partial charge on any atom is 0.134 e. The van der Waals surface area contributed by atoms with Crippen LogP contribution < -0.4 is 11.1 Å². The maximum absolute atomic E-state index is 5.79. The van der Waals surface area contributed by atoms with Gasteiger partial charge in [0.2, 0.25) is 0 Å². The average molecular weight is 262 g/mol. The van der Waals surface area contributed by atoms with Crippen LogP contribution in [0.2, 0.25) is 0 Å². The second kappa shape index (κ2) is 6.22. The average Bonchev–Trinajstić information content (AvgIpc) is 2.41. The molecular formula is C15H26N4. The van der Waals surface area contributed by atoms with Crippen LogP contribution in [0.25, 0.3) is 0 Å². The van der Waals surface area contributed by atoms with E-state index < -0.39 is 0 Å². The van der Waals surface area contributed by atoms with Gasteiger partial charge in [-0.05, 0) is 50.4 Å². The zero-order chi connectivity index (χ0) is 13.8. The van der Waals surface area contributed by atoms with E-state index in [-0.39, 0.29) is 0 Å². The fourth-order valence-electron chi connectivity index (χ4n) is 2.94. The van der Waals surface area contributed by atoms with Crippen molar-refractivity contribution in [2.75, 3.05) is 17.6 Å². The first-order valence-electron chi connectivity index (χ1n) is 7.39. The highest BCUT2D eigenvalue weighted by Crippen LogP contribution is 2.33. The molecule has 106 valence electrons. The minimum Gasteiger partial charge on any atom is -0.383 e. The summed E-state index contributed by atoms with van der Waals surface area (Å²) < 4.78 is 0. The van der Waals surface area contributed by atoms with Crippen LogP contribution in [0.3, 0.4) is 0 Å². The molecule has 0 saturated heterocycles. The Kier molecular flexibility index (Phi) is 4.61. The summed E-state index contributed by atoms with van der Waals surface area (Å²) in [5, 5.41) is 3.44. The van der Waals surface area contributed by atoms with Crippen molar-refractivity contribution in [3.8, 4) is 0 Å². The lowest BCUT2D eigenvalue weighted by molar-refractivity contribution is 0.230. The maximum atomic E-state index is 5.79. The minimum atomic E-state index is 0.570. The Balaban J connectivity index is 1.82. The van der Waals surface area contributed by atoms with Crippen molar-refractivity contribution in [3.05, 3.63) is 11.9 Å². The van der Waals surface area contributed by atoms with Crippen LogP contribution in [0, 0.1) is 24.7 Å². The fraction of sp³-hybridized carbons (Fsp3) is 0.733. The number of nitrogens with two attached hydrogens (primary N) is 1. The van der Waals surface area contributed by atoms with Crippen LogP contribution in [0.5, 0.6) is 0 Å². The zero-order valence-corrected chi connectivity index (χ0v) is 12.3. The molecule has 1 saturated carbocycles. The highest BCUT2D eigenvalue weighted by atomic mass is 15.0. The number of nitrogens with zero attached hydrogens (tertiary/aromatic N) is 2. The Morgan fingerprint density at radius 3 is 2.58 bits per heavy atom. The van der Waals surface area contributed by atoms with E-state index in [2.05, 4.69) is 29.1 Å². The summed E-state index contributed by atoms with van der Waals surface area (Å²) in [5.41, 5.74) is 6.75. The second-order valence-electron chi connectivity index (χ2n) is 6.14. The van der Waals surface area contributed by atoms with E-state index >= 15 is 0 Å². The molecule has 2 rings (SSSR count). The van der Waals surface area contributed by atoms with Crippen LogP contribution in [0.1, 0.15) is 45.1 Å². The molecule has 1 fully saturated rings. The van der Waals surface area contributed by atoms with Crippen molar-refractivity contribution in [1.82, 2.24) is 9.97 Å². The van der Waals surface area contributed by atoms with Crippen LogP contribution in [0.4, 0.5) is 11.6 Å². The van der Waals surface area contributed by atoms with Gasteiger partial charge in [-0.15, -0.1) is 0 Å². The topological polar surface area (TPSA) is 63.8 Å². The number of aromatic nitrogens is 2. The van der Waals surface area contributed by atoms with E-state index in [0.717, 1.165) is 35.7 Å². The lowest BCUT2D eigenvalue weighted by atomic mass is 9.77. The summed E-state index contributed by atoms with van der Waals surface area (Å²) in [6, 6.07) is 0. The zero-order valence-electron chi connectivity index (χ0n) is 12.3. The third kappa shape index (κ3) is 3.58. The second-order valence-corrected chi connectivity index (χ2v) is 6.14. The predicted molar refractivity (Wildman–Crippen MR) is 80.0 cm³/mol. The summed E-state index contributed by atoms with van der Waals surface area (Å²) in [5.74, 6) is 3.98. The molecule has 1 aromatic rings. The molecule has 0 radical (unpaired) electrons. The van der Waals surface area contributed by atoms with Crippen molar-refractivity contribution in [1.29, 1.82) is 0 Å². The smallest absolute Gasteiger partial charge is 0.134 e. The number of hydrogen-bond donors (Lipinski definition) is 2. The Labute approximate surface area is 116 Å². The van der Waals surface area contributed by atoms with Gasteiger partial charge in [0.15, 0.2) is 0 Å². The first kappa shape index (κ1) is 14.1. The molecule has 1 aromatic heterocycles. The number of nitrogens with one attached hydrogen (secondary N) is 1. The van der Waals surface area contributed by atoms with Crippen LogP contribution in [-0.2, 0) is 0 Å². The monoisotopic (exact) mass is 262 g/mol. The van der Waals surface area contributed by atoms with Crippen molar-refractivity contribution >= 4 is 11.6 Å². The number of nitrogen functional groups attached to an aromatic ring is 1. The molecule has 1 aliphatic rings. The molecule has 0 aliphatic heterocycles. The Hall–Kier alpha value is -1.32. The first-order valence-corrected chi connectivity index (χ1v) is 7.39. The summed E-state index contributed by atoms with van der Waals surface area (Å²) in [4.78, 5) is 8.25. The highest BCUT2D eigenvalue weighted by Gasteiger charge is 2.23. The quantitative estimate of drug-likeness (QED) is 0.874. The highest BCUT2D eigenvalue weighted by molar-refractivity contribution is 5.53. The van der Waals surface area contributed by atoms with Crippen molar-refractivity contribution < 1.29 is 0 Å². The molecule has 19 heavy (non-hydrogen) atoms. The molecule has 0 spiro atoms. The Morgan fingerprint density at radius 1 is 1.26 bits per heavy atom. The van der Waals surface area contributed by atoms with Gasteiger partial charge in [0.05, 0.1) is 0 Å².